The van der Waals surface area contributed by atoms with Crippen LogP contribution in [-0.4, -0.2) is 35.2 Å². The Morgan fingerprint density at radius 1 is 1.48 bits per heavy atom. The minimum Gasteiger partial charge on any atom is -0.346 e. The van der Waals surface area contributed by atoms with E-state index in [2.05, 4.69) is 43.7 Å². The molecule has 2 atom stereocenters. The Balaban J connectivity index is 0.00000161. The summed E-state index contributed by atoms with van der Waals surface area (Å²) in [5, 5.41) is 14.3. The maximum absolute atomic E-state index is 12.4. The molecule has 1 fully saturated rings. The lowest BCUT2D eigenvalue weighted by molar-refractivity contribution is 0.0912. The molecule has 3 N–H and O–H groups in total. The van der Waals surface area contributed by atoms with Crippen molar-refractivity contribution in [3.05, 3.63) is 28.4 Å². The van der Waals surface area contributed by atoms with Gasteiger partial charge in [0, 0.05) is 22.4 Å². The molecular formula is C14H18BrClN4O. The number of halogens is 2. The van der Waals surface area contributed by atoms with Gasteiger partial charge in [0.2, 0.25) is 0 Å². The van der Waals surface area contributed by atoms with Gasteiger partial charge in [-0.05, 0) is 37.1 Å². The predicted octanol–water partition coefficient (Wildman–Crippen LogP) is 2.48. The number of aromatic nitrogens is 2. The molecule has 1 saturated heterocycles. The summed E-state index contributed by atoms with van der Waals surface area (Å²) in [6, 6.07) is 5.91. The van der Waals surface area contributed by atoms with Gasteiger partial charge in [0.15, 0.2) is 5.69 Å². The lowest BCUT2D eigenvalue weighted by Crippen LogP contribution is -2.50. The number of carbonyl (C=O) groups is 1. The van der Waals surface area contributed by atoms with Crippen molar-refractivity contribution in [3.8, 4) is 0 Å². The summed E-state index contributed by atoms with van der Waals surface area (Å²) in [5.74, 6) is 0.368. The first-order valence-corrected chi connectivity index (χ1v) is 7.59. The number of carbonyl (C=O) groups excluding carboxylic acids is 1. The van der Waals surface area contributed by atoms with Crippen LogP contribution in [0.5, 0.6) is 0 Å². The van der Waals surface area contributed by atoms with Crippen LogP contribution < -0.4 is 10.6 Å². The molecule has 3 rings (SSSR count). The molecule has 0 bridgehead atoms. The van der Waals surface area contributed by atoms with Crippen LogP contribution in [0.3, 0.4) is 0 Å². The molecule has 0 spiro atoms. The number of rotatable bonds is 2. The molecule has 1 aliphatic heterocycles. The third-order valence-electron chi connectivity index (χ3n) is 3.88. The number of hydrogen-bond acceptors (Lipinski definition) is 3. The third-order valence-corrected chi connectivity index (χ3v) is 4.38. The van der Waals surface area contributed by atoms with Crippen LogP contribution in [0, 0.1) is 5.92 Å². The topological polar surface area (TPSA) is 69.8 Å². The maximum atomic E-state index is 12.4. The van der Waals surface area contributed by atoms with E-state index in [1.54, 1.807) is 0 Å². The molecule has 0 radical (unpaired) electrons. The monoisotopic (exact) mass is 372 g/mol. The van der Waals surface area contributed by atoms with Crippen LogP contribution in [0.2, 0.25) is 0 Å². The number of H-pyrrole nitrogens is 1. The van der Waals surface area contributed by atoms with Gasteiger partial charge in [0.1, 0.15) is 0 Å². The fourth-order valence-electron chi connectivity index (χ4n) is 2.58. The first kappa shape index (κ1) is 16.3. The molecule has 1 amide bonds. The Morgan fingerprint density at radius 3 is 3.05 bits per heavy atom. The molecular weight excluding hydrogens is 356 g/mol. The second-order valence-corrected chi connectivity index (χ2v) is 6.23. The van der Waals surface area contributed by atoms with Crippen LogP contribution in [0.1, 0.15) is 23.8 Å². The fourth-order valence-corrected chi connectivity index (χ4v) is 2.94. The zero-order chi connectivity index (χ0) is 14.1. The van der Waals surface area contributed by atoms with Crippen molar-refractivity contribution < 1.29 is 4.79 Å². The highest BCUT2D eigenvalue weighted by molar-refractivity contribution is 9.10. The summed E-state index contributed by atoms with van der Waals surface area (Å²) < 4.78 is 0.938. The van der Waals surface area contributed by atoms with Crippen LogP contribution in [0.4, 0.5) is 0 Å². The van der Waals surface area contributed by atoms with E-state index in [1.165, 1.54) is 0 Å². The van der Waals surface area contributed by atoms with Gasteiger partial charge < -0.3 is 10.6 Å². The van der Waals surface area contributed by atoms with Crippen molar-refractivity contribution in [2.45, 2.75) is 19.4 Å². The van der Waals surface area contributed by atoms with Gasteiger partial charge in [-0.3, -0.25) is 9.89 Å². The standard InChI is InChI=1S/C14H17BrN4O.ClH/c1-8-4-5-16-7-12(8)17-14(20)13-10-6-9(15)2-3-11(10)18-19-13;/h2-3,6,8,12,16H,4-5,7H2,1H3,(H,17,20)(H,18,19);1H. The molecule has 0 aliphatic carbocycles. The van der Waals surface area contributed by atoms with Crippen molar-refractivity contribution >= 4 is 45.1 Å². The quantitative estimate of drug-likeness (QED) is 0.757. The van der Waals surface area contributed by atoms with E-state index >= 15 is 0 Å². The van der Waals surface area contributed by atoms with Crippen molar-refractivity contribution in [2.75, 3.05) is 13.1 Å². The summed E-state index contributed by atoms with van der Waals surface area (Å²) in [7, 11) is 0. The lowest BCUT2D eigenvalue weighted by Gasteiger charge is -2.29. The molecule has 0 saturated carbocycles. The molecule has 114 valence electrons. The number of fused-ring (bicyclic) bond motifs is 1. The molecule has 2 unspecified atom stereocenters. The van der Waals surface area contributed by atoms with E-state index in [4.69, 9.17) is 0 Å². The Morgan fingerprint density at radius 2 is 2.29 bits per heavy atom. The SMILES string of the molecule is CC1CCNCC1NC(=O)c1n[nH]c2ccc(Br)cc12.Cl. The molecule has 1 aromatic carbocycles. The summed E-state index contributed by atoms with van der Waals surface area (Å²) in [6.07, 6.45) is 1.08. The zero-order valence-electron chi connectivity index (χ0n) is 11.6. The number of aromatic amines is 1. The lowest BCUT2D eigenvalue weighted by atomic mass is 9.94. The molecule has 5 nitrogen and oxygen atoms in total. The Bertz CT molecular complexity index is 645. The molecule has 7 heteroatoms. The average Bonchev–Trinajstić information content (AvgIpc) is 2.84. The average molecular weight is 374 g/mol. The minimum atomic E-state index is -0.116. The third kappa shape index (κ3) is 3.39. The Labute approximate surface area is 137 Å². The first-order chi connectivity index (χ1) is 9.65. The summed E-state index contributed by atoms with van der Waals surface area (Å²) in [5.41, 5.74) is 1.33. The van der Waals surface area contributed by atoms with Gasteiger partial charge >= 0.3 is 0 Å². The van der Waals surface area contributed by atoms with Gasteiger partial charge in [-0.25, -0.2) is 0 Å². The van der Waals surface area contributed by atoms with E-state index in [-0.39, 0.29) is 24.4 Å². The Hall–Kier alpha value is -1.11. The highest BCUT2D eigenvalue weighted by Gasteiger charge is 2.24. The summed E-state index contributed by atoms with van der Waals surface area (Å²) >= 11 is 3.43. The molecule has 1 aliphatic rings. The number of amides is 1. The zero-order valence-corrected chi connectivity index (χ0v) is 14.1. The predicted molar refractivity (Wildman–Crippen MR) is 88.9 cm³/mol. The molecule has 1 aromatic heterocycles. The van der Waals surface area contributed by atoms with Crippen molar-refractivity contribution in [2.24, 2.45) is 5.92 Å². The highest BCUT2D eigenvalue weighted by Crippen LogP contribution is 2.21. The molecule has 21 heavy (non-hydrogen) atoms. The fraction of sp³-hybridized carbons (Fsp3) is 0.429. The number of benzene rings is 1. The van der Waals surface area contributed by atoms with E-state index in [0.29, 0.717) is 11.6 Å². The maximum Gasteiger partial charge on any atom is 0.272 e. The highest BCUT2D eigenvalue weighted by atomic mass is 79.9. The van der Waals surface area contributed by atoms with Crippen LogP contribution in [-0.2, 0) is 0 Å². The second-order valence-electron chi connectivity index (χ2n) is 5.31. The largest absolute Gasteiger partial charge is 0.346 e. The first-order valence-electron chi connectivity index (χ1n) is 6.80. The van der Waals surface area contributed by atoms with Gasteiger partial charge in [-0.2, -0.15) is 5.10 Å². The number of piperidine rings is 1. The van der Waals surface area contributed by atoms with Gasteiger partial charge in [-0.15, -0.1) is 12.4 Å². The van der Waals surface area contributed by atoms with Crippen molar-refractivity contribution in [1.29, 1.82) is 0 Å². The van der Waals surface area contributed by atoms with Crippen molar-refractivity contribution in [3.63, 3.8) is 0 Å². The van der Waals surface area contributed by atoms with Gasteiger partial charge in [0.05, 0.1) is 5.52 Å². The van der Waals surface area contributed by atoms with Crippen LogP contribution in [0.25, 0.3) is 10.9 Å². The van der Waals surface area contributed by atoms with E-state index in [1.807, 2.05) is 18.2 Å². The number of hydrogen-bond donors (Lipinski definition) is 3. The molecule has 2 heterocycles. The van der Waals surface area contributed by atoms with Gasteiger partial charge in [-0.1, -0.05) is 22.9 Å². The summed E-state index contributed by atoms with van der Waals surface area (Å²) in [6.45, 7) is 4.01. The van der Waals surface area contributed by atoms with Gasteiger partial charge in [0.25, 0.3) is 5.91 Å². The number of nitrogens with one attached hydrogen (secondary N) is 3. The van der Waals surface area contributed by atoms with E-state index in [9.17, 15) is 4.79 Å². The smallest absolute Gasteiger partial charge is 0.272 e. The summed E-state index contributed by atoms with van der Waals surface area (Å²) in [4.78, 5) is 12.4. The normalized spacial score (nSPS) is 21.8. The number of nitrogens with zero attached hydrogens (tertiary/aromatic N) is 1. The van der Waals surface area contributed by atoms with E-state index in [0.717, 1.165) is 34.9 Å². The van der Waals surface area contributed by atoms with Crippen molar-refractivity contribution in [1.82, 2.24) is 20.8 Å². The Kier molecular flexibility index (Phi) is 5.24. The van der Waals surface area contributed by atoms with Crippen LogP contribution in [0.15, 0.2) is 22.7 Å². The molecule has 2 aromatic rings. The second kappa shape index (κ2) is 6.77. The van der Waals surface area contributed by atoms with Crippen LogP contribution >= 0.6 is 28.3 Å². The minimum absolute atomic E-state index is 0. The van der Waals surface area contributed by atoms with E-state index < -0.39 is 0 Å².